The smallest absolute Gasteiger partial charge is 0.330 e. The normalized spacial score (nSPS) is 23.8. The number of carbonyl (C=O) groups is 2. The Balaban J connectivity index is 1.80. The van der Waals surface area contributed by atoms with Crippen LogP contribution in [0.4, 0.5) is 0 Å². The molecule has 0 radical (unpaired) electrons. The predicted molar refractivity (Wildman–Crippen MR) is 89.6 cm³/mol. The quantitative estimate of drug-likeness (QED) is 0.683. The van der Waals surface area contributed by atoms with Crippen molar-refractivity contribution in [3.63, 3.8) is 0 Å². The summed E-state index contributed by atoms with van der Waals surface area (Å²) in [7, 11) is -3.66. The molecule has 1 amide bonds. The van der Waals surface area contributed by atoms with Gasteiger partial charge in [-0.1, -0.05) is 6.07 Å². The predicted octanol–water partition coefficient (Wildman–Crippen LogP) is 0.817. The molecule has 0 spiro atoms. The Kier molecular flexibility index (Phi) is 4.58. The molecule has 1 atom stereocenters. The minimum atomic E-state index is -3.66. The fraction of sp³-hybridized carbons (Fsp3) is 0.467. The van der Waals surface area contributed by atoms with Crippen molar-refractivity contribution < 1.29 is 23.1 Å². The van der Waals surface area contributed by atoms with Crippen LogP contribution < -0.4 is 10.0 Å². The first-order valence-corrected chi connectivity index (χ1v) is 10.2. The monoisotopic (exact) mass is 370 g/mol. The van der Waals surface area contributed by atoms with E-state index in [2.05, 4.69) is 10.0 Å². The lowest BCUT2D eigenvalue weighted by molar-refractivity contribution is -0.143. The second kappa shape index (κ2) is 6.38. The molecule has 3 rings (SSSR count). The van der Waals surface area contributed by atoms with E-state index in [9.17, 15) is 23.1 Å². The molecular weight excluding hydrogens is 352 g/mol. The highest BCUT2D eigenvalue weighted by Crippen LogP contribution is 2.29. The molecule has 2 aliphatic rings. The number of carbonyl (C=O) groups excluding carboxylic acids is 1. The topological polar surface area (TPSA) is 113 Å². The van der Waals surface area contributed by atoms with E-state index in [1.54, 1.807) is 0 Å². The van der Waals surface area contributed by atoms with Crippen LogP contribution in [0.2, 0.25) is 0 Å². The number of hydrogen-bond acceptors (Lipinski definition) is 5. The Morgan fingerprint density at radius 3 is 2.62 bits per heavy atom. The van der Waals surface area contributed by atoms with Crippen LogP contribution in [0.1, 0.15) is 29.6 Å². The molecule has 1 aromatic carbocycles. The molecule has 7 nitrogen and oxygen atoms in total. The number of carboxylic acid groups (broad SMARTS) is 1. The Morgan fingerprint density at radius 1 is 1.29 bits per heavy atom. The maximum atomic E-state index is 12.4. The van der Waals surface area contributed by atoms with Crippen LogP contribution in [0.15, 0.2) is 29.2 Å². The van der Waals surface area contributed by atoms with Crippen LogP contribution in [0.5, 0.6) is 0 Å². The number of sulfonamides is 1. The summed E-state index contributed by atoms with van der Waals surface area (Å²) >= 11 is 1.47. The zero-order valence-corrected chi connectivity index (χ0v) is 14.5. The van der Waals surface area contributed by atoms with Crippen LogP contribution in [-0.2, 0) is 14.8 Å². The van der Waals surface area contributed by atoms with E-state index in [1.807, 2.05) is 0 Å². The fourth-order valence-corrected chi connectivity index (χ4v) is 5.14. The summed E-state index contributed by atoms with van der Waals surface area (Å²) in [5.41, 5.74) is -1.16. The van der Waals surface area contributed by atoms with Crippen molar-refractivity contribution in [3.05, 3.63) is 29.8 Å². The maximum absolute atomic E-state index is 12.4. The lowest BCUT2D eigenvalue weighted by Gasteiger charge is -2.24. The van der Waals surface area contributed by atoms with Crippen molar-refractivity contribution in [3.8, 4) is 0 Å². The summed E-state index contributed by atoms with van der Waals surface area (Å²) in [6, 6.07) is 5.62. The van der Waals surface area contributed by atoms with Gasteiger partial charge in [0, 0.05) is 17.4 Å². The number of nitrogens with one attached hydrogen (secondary N) is 2. The van der Waals surface area contributed by atoms with E-state index in [0.717, 1.165) is 12.8 Å². The largest absolute Gasteiger partial charge is 0.479 e. The van der Waals surface area contributed by atoms with Gasteiger partial charge in [0.25, 0.3) is 5.91 Å². The molecule has 1 saturated heterocycles. The van der Waals surface area contributed by atoms with Gasteiger partial charge in [-0.05, 0) is 43.2 Å². The van der Waals surface area contributed by atoms with Crippen molar-refractivity contribution in [2.75, 3.05) is 11.5 Å². The first-order valence-electron chi connectivity index (χ1n) is 7.58. The molecule has 1 saturated carbocycles. The molecule has 1 aliphatic heterocycles. The van der Waals surface area contributed by atoms with Crippen LogP contribution in [0.3, 0.4) is 0 Å². The summed E-state index contributed by atoms with van der Waals surface area (Å²) in [5, 5.41) is 12.0. The molecule has 2 fully saturated rings. The lowest BCUT2D eigenvalue weighted by atomic mass is 9.98. The van der Waals surface area contributed by atoms with Gasteiger partial charge in [-0.25, -0.2) is 17.9 Å². The van der Waals surface area contributed by atoms with E-state index in [0.29, 0.717) is 17.9 Å². The second-order valence-corrected chi connectivity index (χ2v) is 8.89. The van der Waals surface area contributed by atoms with Gasteiger partial charge in [-0.3, -0.25) is 4.79 Å². The molecule has 1 aliphatic carbocycles. The molecule has 0 bridgehead atoms. The summed E-state index contributed by atoms with van der Waals surface area (Å²) in [4.78, 5) is 23.9. The van der Waals surface area contributed by atoms with Gasteiger partial charge in [0.1, 0.15) is 5.54 Å². The standard InChI is InChI=1S/C15H18N2O5S2/c18-13(16-15(14(19)20)6-7-23-9-15)10-2-1-3-12(8-10)24(21,22)17-11-4-5-11/h1-3,8,11,17H,4-7,9H2,(H,16,18)(H,19,20). The summed E-state index contributed by atoms with van der Waals surface area (Å²) in [5.74, 6) is -0.690. The Bertz CT molecular complexity index is 768. The number of carboxylic acids is 1. The molecule has 130 valence electrons. The summed E-state index contributed by atoms with van der Waals surface area (Å²) < 4.78 is 27.0. The molecule has 1 heterocycles. The third-order valence-electron chi connectivity index (χ3n) is 4.09. The molecule has 0 aromatic heterocycles. The van der Waals surface area contributed by atoms with Crippen molar-refractivity contribution >= 4 is 33.7 Å². The molecule has 3 N–H and O–H groups in total. The average molecular weight is 370 g/mol. The molecule has 1 unspecified atom stereocenters. The van der Waals surface area contributed by atoms with E-state index >= 15 is 0 Å². The average Bonchev–Trinajstić information content (AvgIpc) is 3.21. The van der Waals surface area contributed by atoms with Gasteiger partial charge in [0.2, 0.25) is 10.0 Å². The fourth-order valence-electron chi connectivity index (χ4n) is 2.47. The highest BCUT2D eigenvalue weighted by Gasteiger charge is 2.43. The van der Waals surface area contributed by atoms with E-state index in [1.165, 1.54) is 36.0 Å². The lowest BCUT2D eigenvalue weighted by Crippen LogP contribution is -2.54. The minimum absolute atomic E-state index is 0.00669. The number of benzene rings is 1. The highest BCUT2D eigenvalue weighted by molar-refractivity contribution is 7.99. The van der Waals surface area contributed by atoms with Crippen LogP contribution in [0, 0.1) is 0 Å². The van der Waals surface area contributed by atoms with Gasteiger partial charge in [0.15, 0.2) is 0 Å². The summed E-state index contributed by atoms with van der Waals surface area (Å²) in [6.07, 6.45) is 1.98. The number of aliphatic carboxylic acids is 1. The molecule has 9 heteroatoms. The van der Waals surface area contributed by atoms with Crippen LogP contribution >= 0.6 is 11.8 Å². The number of hydrogen-bond donors (Lipinski definition) is 3. The third kappa shape index (κ3) is 3.57. The number of amides is 1. The zero-order chi connectivity index (χ0) is 17.4. The van der Waals surface area contributed by atoms with Crippen molar-refractivity contribution in [1.82, 2.24) is 10.0 Å². The molecular formula is C15H18N2O5S2. The van der Waals surface area contributed by atoms with Crippen molar-refractivity contribution in [2.24, 2.45) is 0 Å². The molecule has 1 aromatic rings. The van der Waals surface area contributed by atoms with Crippen molar-refractivity contribution in [1.29, 1.82) is 0 Å². The SMILES string of the molecule is O=C(NC1(C(=O)O)CCSC1)c1cccc(S(=O)(=O)NC2CC2)c1. The van der Waals surface area contributed by atoms with E-state index in [4.69, 9.17) is 0 Å². The second-order valence-electron chi connectivity index (χ2n) is 6.07. The first kappa shape index (κ1) is 17.2. The van der Waals surface area contributed by atoms with Gasteiger partial charge < -0.3 is 10.4 Å². The first-order chi connectivity index (χ1) is 11.3. The van der Waals surface area contributed by atoms with Gasteiger partial charge in [0.05, 0.1) is 4.90 Å². The maximum Gasteiger partial charge on any atom is 0.330 e. The van der Waals surface area contributed by atoms with Gasteiger partial charge in [-0.15, -0.1) is 0 Å². The minimum Gasteiger partial charge on any atom is -0.479 e. The van der Waals surface area contributed by atoms with Gasteiger partial charge >= 0.3 is 5.97 Å². The highest BCUT2D eigenvalue weighted by atomic mass is 32.2. The van der Waals surface area contributed by atoms with E-state index < -0.39 is 27.4 Å². The van der Waals surface area contributed by atoms with E-state index in [-0.39, 0.29) is 16.5 Å². The molecule has 24 heavy (non-hydrogen) atoms. The van der Waals surface area contributed by atoms with Crippen LogP contribution in [0.25, 0.3) is 0 Å². The number of rotatable bonds is 6. The van der Waals surface area contributed by atoms with Gasteiger partial charge in [-0.2, -0.15) is 11.8 Å². The van der Waals surface area contributed by atoms with Crippen molar-refractivity contribution in [2.45, 2.75) is 35.7 Å². The Labute approximate surface area is 144 Å². The third-order valence-corrected chi connectivity index (χ3v) is 6.80. The zero-order valence-electron chi connectivity index (χ0n) is 12.8. The summed E-state index contributed by atoms with van der Waals surface area (Å²) in [6.45, 7) is 0. The Morgan fingerprint density at radius 2 is 2.04 bits per heavy atom. The number of thioether (sulfide) groups is 1. The van der Waals surface area contributed by atoms with Crippen LogP contribution in [-0.4, -0.2) is 48.5 Å². The Hall–Kier alpha value is -1.58.